The molecule has 0 fully saturated rings. The summed E-state index contributed by atoms with van der Waals surface area (Å²) in [6.07, 6.45) is -0.322. The Bertz CT molecular complexity index is 680. The van der Waals surface area contributed by atoms with Crippen LogP contribution in [0.3, 0.4) is 0 Å². The lowest BCUT2D eigenvalue weighted by Gasteiger charge is -2.26. The maximum absolute atomic E-state index is 12.2. The molecule has 118 valence electrons. The molecule has 2 rings (SSSR count). The van der Waals surface area contributed by atoms with Crippen molar-refractivity contribution in [3.63, 3.8) is 0 Å². The van der Waals surface area contributed by atoms with Crippen LogP contribution in [0.2, 0.25) is 0 Å². The first-order valence-electron chi connectivity index (χ1n) is 7.32. The minimum absolute atomic E-state index is 0.322. The summed E-state index contributed by atoms with van der Waals surface area (Å²) in [6.45, 7) is 8.50. The minimum Gasteiger partial charge on any atom is -0.444 e. The number of pyridine rings is 1. The number of hydrogen-bond acceptors (Lipinski definition) is 3. The average Bonchev–Trinajstić information content (AvgIpc) is 2.43. The van der Waals surface area contributed by atoms with Gasteiger partial charge in [0, 0.05) is 16.4 Å². The summed E-state index contributed by atoms with van der Waals surface area (Å²) in [5, 5.41) is 1.07. The van der Waals surface area contributed by atoms with Crippen LogP contribution in [0.25, 0.3) is 10.9 Å². The molecule has 0 saturated heterocycles. The van der Waals surface area contributed by atoms with Crippen LogP contribution in [0.15, 0.2) is 34.8 Å². The van der Waals surface area contributed by atoms with Gasteiger partial charge in [-0.3, -0.25) is 0 Å². The summed E-state index contributed by atoms with van der Waals surface area (Å²) in [7, 11) is 0. The van der Waals surface area contributed by atoms with E-state index < -0.39 is 5.60 Å². The molecular weight excluding hydrogens is 344 g/mol. The highest BCUT2D eigenvalue weighted by molar-refractivity contribution is 9.10. The summed E-state index contributed by atoms with van der Waals surface area (Å²) in [4.78, 5) is 18.5. The van der Waals surface area contributed by atoms with E-state index in [9.17, 15) is 4.79 Å². The quantitative estimate of drug-likeness (QED) is 0.788. The zero-order valence-corrected chi connectivity index (χ0v) is 15.0. The van der Waals surface area contributed by atoms with Crippen LogP contribution in [-0.4, -0.2) is 28.1 Å². The predicted octanol–water partition coefficient (Wildman–Crippen LogP) is 4.75. The number of carbonyl (C=O) groups excluding carboxylic acids is 1. The Kier molecular flexibility index (Phi) is 5.06. The van der Waals surface area contributed by atoms with Crippen molar-refractivity contribution in [3.8, 4) is 0 Å². The van der Waals surface area contributed by atoms with E-state index in [-0.39, 0.29) is 6.09 Å². The van der Waals surface area contributed by atoms with Gasteiger partial charge in [-0.15, -0.1) is 0 Å². The molecule has 0 radical (unpaired) electrons. The fourth-order valence-corrected chi connectivity index (χ4v) is 2.51. The Hall–Kier alpha value is -1.62. The molecule has 0 saturated carbocycles. The molecule has 1 aromatic heterocycles. The molecule has 1 aromatic carbocycles. The van der Waals surface area contributed by atoms with E-state index in [0.717, 1.165) is 21.1 Å². The predicted molar refractivity (Wildman–Crippen MR) is 91.8 cm³/mol. The molecule has 0 atom stereocenters. The highest BCUT2D eigenvalue weighted by atomic mass is 79.9. The standard InChI is InChI=1S/C17H21BrN2O2/c1-5-20(16(21)22-17(2,3)4)11-15-13(18)10-12-8-6-7-9-14(12)19-15/h6-10H,5,11H2,1-4H3. The summed E-state index contributed by atoms with van der Waals surface area (Å²) in [6, 6.07) is 9.95. The second kappa shape index (κ2) is 6.65. The van der Waals surface area contributed by atoms with Crippen molar-refractivity contribution in [1.82, 2.24) is 9.88 Å². The number of amides is 1. The smallest absolute Gasteiger partial charge is 0.410 e. The maximum atomic E-state index is 12.2. The third kappa shape index (κ3) is 4.19. The average molecular weight is 365 g/mol. The Balaban J connectivity index is 2.24. The zero-order valence-electron chi connectivity index (χ0n) is 13.4. The van der Waals surface area contributed by atoms with Crippen molar-refractivity contribution < 1.29 is 9.53 Å². The first kappa shape index (κ1) is 16.7. The summed E-state index contributed by atoms with van der Waals surface area (Å²) < 4.78 is 6.33. The van der Waals surface area contributed by atoms with E-state index in [4.69, 9.17) is 4.74 Å². The normalized spacial score (nSPS) is 11.5. The van der Waals surface area contributed by atoms with Gasteiger partial charge in [0.15, 0.2) is 0 Å². The lowest BCUT2D eigenvalue weighted by Crippen LogP contribution is -2.36. The third-order valence-corrected chi connectivity index (χ3v) is 3.81. The minimum atomic E-state index is -0.501. The van der Waals surface area contributed by atoms with Gasteiger partial charge in [-0.25, -0.2) is 9.78 Å². The van der Waals surface area contributed by atoms with Gasteiger partial charge in [0.2, 0.25) is 0 Å². The van der Waals surface area contributed by atoms with Crippen molar-refractivity contribution in [3.05, 3.63) is 40.5 Å². The number of benzene rings is 1. The number of fused-ring (bicyclic) bond motifs is 1. The van der Waals surface area contributed by atoms with E-state index in [1.807, 2.05) is 58.0 Å². The highest BCUT2D eigenvalue weighted by Crippen LogP contribution is 2.23. The second-order valence-electron chi connectivity index (χ2n) is 6.10. The van der Waals surface area contributed by atoms with Crippen molar-refractivity contribution >= 4 is 32.9 Å². The van der Waals surface area contributed by atoms with Crippen LogP contribution in [0.5, 0.6) is 0 Å². The van der Waals surface area contributed by atoms with Gasteiger partial charge in [0.25, 0.3) is 0 Å². The van der Waals surface area contributed by atoms with Crippen molar-refractivity contribution in [2.45, 2.75) is 39.8 Å². The Morgan fingerprint density at radius 3 is 2.64 bits per heavy atom. The number of nitrogens with zero attached hydrogens (tertiary/aromatic N) is 2. The van der Waals surface area contributed by atoms with E-state index in [1.54, 1.807) is 4.90 Å². The number of carbonyl (C=O) groups is 1. The van der Waals surface area contributed by atoms with Crippen LogP contribution in [0.1, 0.15) is 33.4 Å². The monoisotopic (exact) mass is 364 g/mol. The molecule has 0 aliphatic rings. The number of para-hydroxylation sites is 1. The fourth-order valence-electron chi connectivity index (χ4n) is 2.05. The van der Waals surface area contributed by atoms with Crippen LogP contribution in [0, 0.1) is 0 Å². The molecule has 2 aromatic rings. The molecule has 0 bridgehead atoms. The van der Waals surface area contributed by atoms with Gasteiger partial charge in [0.05, 0.1) is 17.8 Å². The molecule has 1 heterocycles. The Labute approximate surface area is 139 Å². The van der Waals surface area contributed by atoms with Crippen molar-refractivity contribution in [1.29, 1.82) is 0 Å². The van der Waals surface area contributed by atoms with Crippen LogP contribution in [0.4, 0.5) is 4.79 Å². The number of aromatic nitrogens is 1. The molecule has 4 nitrogen and oxygen atoms in total. The van der Waals surface area contributed by atoms with Gasteiger partial charge in [-0.2, -0.15) is 0 Å². The van der Waals surface area contributed by atoms with E-state index in [1.165, 1.54) is 0 Å². The van der Waals surface area contributed by atoms with Crippen LogP contribution >= 0.6 is 15.9 Å². The van der Waals surface area contributed by atoms with Gasteiger partial charge >= 0.3 is 6.09 Å². The van der Waals surface area contributed by atoms with Gasteiger partial charge in [-0.05, 0) is 55.8 Å². The van der Waals surface area contributed by atoms with E-state index in [2.05, 4.69) is 20.9 Å². The van der Waals surface area contributed by atoms with Gasteiger partial charge in [-0.1, -0.05) is 18.2 Å². The maximum Gasteiger partial charge on any atom is 0.410 e. The summed E-state index contributed by atoms with van der Waals surface area (Å²) in [5.74, 6) is 0. The third-order valence-electron chi connectivity index (χ3n) is 3.12. The first-order valence-corrected chi connectivity index (χ1v) is 8.11. The largest absolute Gasteiger partial charge is 0.444 e. The van der Waals surface area contributed by atoms with E-state index >= 15 is 0 Å². The zero-order chi connectivity index (χ0) is 16.3. The SMILES string of the molecule is CCN(Cc1nc2ccccc2cc1Br)C(=O)OC(C)(C)C. The molecule has 5 heteroatoms. The topological polar surface area (TPSA) is 42.4 Å². The Morgan fingerprint density at radius 2 is 2.00 bits per heavy atom. The van der Waals surface area contributed by atoms with Crippen molar-refractivity contribution in [2.75, 3.05) is 6.54 Å². The highest BCUT2D eigenvalue weighted by Gasteiger charge is 2.22. The molecule has 0 unspecified atom stereocenters. The van der Waals surface area contributed by atoms with E-state index in [0.29, 0.717) is 13.1 Å². The first-order chi connectivity index (χ1) is 10.3. The molecule has 1 amide bonds. The lowest BCUT2D eigenvalue weighted by molar-refractivity contribution is 0.0242. The number of ether oxygens (including phenoxy) is 1. The van der Waals surface area contributed by atoms with Gasteiger partial charge < -0.3 is 9.64 Å². The summed E-state index contributed by atoms with van der Waals surface area (Å²) in [5.41, 5.74) is 1.24. The number of halogens is 1. The molecule has 0 spiro atoms. The fraction of sp³-hybridized carbons (Fsp3) is 0.412. The van der Waals surface area contributed by atoms with Crippen molar-refractivity contribution in [2.24, 2.45) is 0 Å². The molecule has 0 aliphatic carbocycles. The number of hydrogen-bond donors (Lipinski definition) is 0. The van der Waals surface area contributed by atoms with Crippen LogP contribution < -0.4 is 0 Å². The molecule has 0 N–H and O–H groups in total. The Morgan fingerprint density at radius 1 is 1.32 bits per heavy atom. The molecular formula is C17H21BrN2O2. The summed E-state index contributed by atoms with van der Waals surface area (Å²) >= 11 is 3.54. The molecule has 0 aliphatic heterocycles. The second-order valence-corrected chi connectivity index (χ2v) is 6.96. The lowest BCUT2D eigenvalue weighted by atomic mass is 10.2. The molecule has 22 heavy (non-hydrogen) atoms. The number of rotatable bonds is 3. The van der Waals surface area contributed by atoms with Gasteiger partial charge in [0.1, 0.15) is 5.60 Å². The van der Waals surface area contributed by atoms with Crippen LogP contribution in [-0.2, 0) is 11.3 Å².